The molecule has 2 aromatic carbocycles. The fourth-order valence-electron chi connectivity index (χ4n) is 4.56. The molecule has 8 nitrogen and oxygen atoms in total. The molecule has 0 saturated carbocycles. The number of aromatic nitrogens is 2. The SMILES string of the molecule is CC(C)NC(=O)Cn1c(-c2cccc(C#N)c2)nc2ccc(OCCCN3CCCCC3)cc2c1=O. The van der Waals surface area contributed by atoms with Crippen LogP contribution in [0, 0.1) is 11.3 Å². The maximum absolute atomic E-state index is 13.6. The predicted octanol–water partition coefficient (Wildman–Crippen LogP) is 3.71. The molecule has 0 aliphatic carbocycles. The van der Waals surface area contributed by atoms with E-state index in [2.05, 4.69) is 16.3 Å². The number of piperidine rings is 1. The summed E-state index contributed by atoms with van der Waals surface area (Å²) in [4.78, 5) is 33.4. The molecule has 2 heterocycles. The lowest BCUT2D eigenvalue weighted by Crippen LogP contribution is -2.37. The highest BCUT2D eigenvalue weighted by molar-refractivity contribution is 5.83. The maximum atomic E-state index is 13.6. The lowest BCUT2D eigenvalue weighted by molar-refractivity contribution is -0.122. The van der Waals surface area contributed by atoms with Crippen molar-refractivity contribution in [2.45, 2.75) is 52.1 Å². The predicted molar refractivity (Wildman–Crippen MR) is 140 cm³/mol. The van der Waals surface area contributed by atoms with E-state index in [1.165, 1.54) is 23.8 Å². The van der Waals surface area contributed by atoms with Gasteiger partial charge in [0.15, 0.2) is 0 Å². The van der Waals surface area contributed by atoms with Gasteiger partial charge in [-0.3, -0.25) is 14.2 Å². The normalized spacial score (nSPS) is 14.1. The molecule has 3 aromatic rings. The van der Waals surface area contributed by atoms with Crippen LogP contribution in [-0.4, -0.2) is 52.6 Å². The molecule has 0 spiro atoms. The molecule has 0 atom stereocenters. The number of nitrogens with zero attached hydrogens (tertiary/aromatic N) is 4. The third-order valence-electron chi connectivity index (χ3n) is 6.26. The summed E-state index contributed by atoms with van der Waals surface area (Å²) < 4.78 is 7.33. The molecular formula is C28H33N5O3. The summed E-state index contributed by atoms with van der Waals surface area (Å²) in [7, 11) is 0. The first-order valence-electron chi connectivity index (χ1n) is 12.6. The highest BCUT2D eigenvalue weighted by atomic mass is 16.5. The minimum absolute atomic E-state index is 0.0584. The molecule has 1 fully saturated rings. The van der Waals surface area contributed by atoms with E-state index in [1.807, 2.05) is 19.9 Å². The van der Waals surface area contributed by atoms with Crippen molar-refractivity contribution in [2.24, 2.45) is 0 Å². The molecule has 8 heteroatoms. The van der Waals surface area contributed by atoms with Crippen LogP contribution in [-0.2, 0) is 11.3 Å². The zero-order valence-electron chi connectivity index (χ0n) is 21.0. The highest BCUT2D eigenvalue weighted by Gasteiger charge is 2.17. The molecule has 1 N–H and O–H groups in total. The highest BCUT2D eigenvalue weighted by Crippen LogP contribution is 2.23. The number of nitrogens with one attached hydrogen (secondary N) is 1. The standard InChI is InChI=1S/C28H33N5O3/c1-20(2)30-26(34)19-33-27(22-9-6-8-21(16-22)18-29)31-25-11-10-23(17-24(25)28(33)35)36-15-7-14-32-12-4-3-5-13-32/h6,8-11,16-17,20H,3-5,7,12-15,19H2,1-2H3,(H,30,34). The van der Waals surface area contributed by atoms with Crippen molar-refractivity contribution < 1.29 is 9.53 Å². The fourth-order valence-corrected chi connectivity index (χ4v) is 4.56. The van der Waals surface area contributed by atoms with Crippen molar-refractivity contribution in [3.8, 4) is 23.2 Å². The first-order chi connectivity index (χ1) is 17.4. The van der Waals surface area contributed by atoms with Crippen LogP contribution in [0.15, 0.2) is 47.3 Å². The van der Waals surface area contributed by atoms with Gasteiger partial charge in [0.1, 0.15) is 18.1 Å². The Hall–Kier alpha value is -3.70. The Bertz CT molecular complexity index is 1320. The quantitative estimate of drug-likeness (QED) is 0.462. The van der Waals surface area contributed by atoms with Crippen molar-refractivity contribution in [2.75, 3.05) is 26.2 Å². The number of rotatable bonds is 9. The number of nitriles is 1. The van der Waals surface area contributed by atoms with Crippen molar-refractivity contribution in [1.82, 2.24) is 19.8 Å². The Balaban J connectivity index is 1.62. The summed E-state index contributed by atoms with van der Waals surface area (Å²) in [6.45, 7) is 7.46. The average Bonchev–Trinajstić information content (AvgIpc) is 2.88. The van der Waals surface area contributed by atoms with Gasteiger partial charge in [0.25, 0.3) is 5.56 Å². The topological polar surface area (TPSA) is 100 Å². The summed E-state index contributed by atoms with van der Waals surface area (Å²) in [6.07, 6.45) is 4.77. The number of hydrogen-bond acceptors (Lipinski definition) is 6. The molecule has 0 radical (unpaired) electrons. The second kappa shape index (κ2) is 11.8. The first kappa shape index (κ1) is 25.4. The van der Waals surface area contributed by atoms with Gasteiger partial charge in [-0.05, 0) is 76.5 Å². The molecular weight excluding hydrogens is 454 g/mol. The van der Waals surface area contributed by atoms with E-state index >= 15 is 0 Å². The van der Waals surface area contributed by atoms with Gasteiger partial charge in [-0.15, -0.1) is 0 Å². The van der Waals surface area contributed by atoms with E-state index in [0.29, 0.717) is 40.2 Å². The van der Waals surface area contributed by atoms with E-state index in [9.17, 15) is 14.9 Å². The van der Waals surface area contributed by atoms with Gasteiger partial charge in [-0.2, -0.15) is 5.26 Å². The number of likely N-dealkylation sites (tertiary alicyclic amines) is 1. The zero-order chi connectivity index (χ0) is 25.5. The Morgan fingerprint density at radius 1 is 1.17 bits per heavy atom. The smallest absolute Gasteiger partial charge is 0.262 e. The van der Waals surface area contributed by atoms with E-state index in [1.54, 1.807) is 36.4 Å². The first-order valence-corrected chi connectivity index (χ1v) is 12.6. The van der Waals surface area contributed by atoms with Crippen LogP contribution in [0.1, 0.15) is 45.1 Å². The van der Waals surface area contributed by atoms with E-state index in [4.69, 9.17) is 9.72 Å². The third kappa shape index (κ3) is 6.29. The number of carbonyl (C=O) groups excluding carboxylic acids is 1. The van der Waals surface area contributed by atoms with Gasteiger partial charge in [-0.1, -0.05) is 18.6 Å². The number of amides is 1. The molecule has 188 valence electrons. The Kier molecular flexibility index (Phi) is 8.34. The third-order valence-corrected chi connectivity index (χ3v) is 6.26. The van der Waals surface area contributed by atoms with Gasteiger partial charge in [-0.25, -0.2) is 4.98 Å². The van der Waals surface area contributed by atoms with Gasteiger partial charge in [0, 0.05) is 18.2 Å². The number of ether oxygens (including phenoxy) is 1. The summed E-state index contributed by atoms with van der Waals surface area (Å²) in [5, 5.41) is 12.5. The van der Waals surface area contributed by atoms with Crippen LogP contribution in [0.25, 0.3) is 22.3 Å². The maximum Gasteiger partial charge on any atom is 0.262 e. The second-order valence-corrected chi connectivity index (χ2v) is 9.52. The Morgan fingerprint density at radius 3 is 2.72 bits per heavy atom. The van der Waals surface area contributed by atoms with Gasteiger partial charge >= 0.3 is 0 Å². The second-order valence-electron chi connectivity index (χ2n) is 9.52. The minimum Gasteiger partial charge on any atom is -0.494 e. The summed E-state index contributed by atoms with van der Waals surface area (Å²) in [5.74, 6) is 0.673. The molecule has 0 bridgehead atoms. The number of benzene rings is 2. The Labute approximate surface area is 211 Å². The number of carbonyl (C=O) groups is 1. The van der Waals surface area contributed by atoms with E-state index in [0.717, 1.165) is 26.1 Å². The zero-order valence-corrected chi connectivity index (χ0v) is 21.0. The summed E-state index contributed by atoms with van der Waals surface area (Å²) in [6, 6.07) is 14.2. The minimum atomic E-state index is -0.324. The molecule has 1 amide bonds. The lowest BCUT2D eigenvalue weighted by Gasteiger charge is -2.26. The van der Waals surface area contributed by atoms with Crippen LogP contribution in [0.3, 0.4) is 0 Å². The molecule has 4 rings (SSSR count). The lowest BCUT2D eigenvalue weighted by atomic mass is 10.1. The van der Waals surface area contributed by atoms with Crippen LogP contribution in [0.4, 0.5) is 0 Å². The van der Waals surface area contributed by atoms with E-state index in [-0.39, 0.29) is 24.1 Å². The van der Waals surface area contributed by atoms with Crippen LogP contribution in [0.2, 0.25) is 0 Å². The van der Waals surface area contributed by atoms with Gasteiger partial charge in [0.05, 0.1) is 29.1 Å². The molecule has 1 aliphatic heterocycles. The molecule has 1 aromatic heterocycles. The van der Waals surface area contributed by atoms with Gasteiger partial charge in [0.2, 0.25) is 5.91 Å². The van der Waals surface area contributed by atoms with E-state index < -0.39 is 0 Å². The summed E-state index contributed by atoms with van der Waals surface area (Å²) in [5.41, 5.74) is 1.24. The number of hydrogen-bond donors (Lipinski definition) is 1. The van der Waals surface area contributed by atoms with Crippen LogP contribution >= 0.6 is 0 Å². The Morgan fingerprint density at radius 2 is 1.97 bits per heavy atom. The van der Waals surface area contributed by atoms with Crippen molar-refractivity contribution in [3.63, 3.8) is 0 Å². The number of fused-ring (bicyclic) bond motifs is 1. The van der Waals surface area contributed by atoms with Crippen LogP contribution in [0.5, 0.6) is 5.75 Å². The van der Waals surface area contributed by atoms with Gasteiger partial charge < -0.3 is 15.0 Å². The molecule has 1 aliphatic rings. The molecule has 0 unspecified atom stereocenters. The van der Waals surface area contributed by atoms with Crippen molar-refractivity contribution >= 4 is 16.8 Å². The molecule has 1 saturated heterocycles. The van der Waals surface area contributed by atoms with Crippen LogP contribution < -0.4 is 15.6 Å². The monoisotopic (exact) mass is 487 g/mol. The summed E-state index contributed by atoms with van der Waals surface area (Å²) >= 11 is 0. The average molecular weight is 488 g/mol. The molecule has 36 heavy (non-hydrogen) atoms. The van der Waals surface area contributed by atoms with Crippen molar-refractivity contribution in [1.29, 1.82) is 5.26 Å². The largest absolute Gasteiger partial charge is 0.494 e. The fraction of sp³-hybridized carbons (Fsp3) is 0.429. The van der Waals surface area contributed by atoms with Crippen molar-refractivity contribution in [3.05, 3.63) is 58.4 Å².